The molecule has 0 aliphatic carbocycles. The molecule has 0 bridgehead atoms. The topological polar surface area (TPSA) is 63.0 Å². The molecule has 17 heavy (non-hydrogen) atoms. The summed E-state index contributed by atoms with van der Waals surface area (Å²) in [5.41, 5.74) is 0.873. The molecule has 0 unspecified atom stereocenters. The maximum Gasteiger partial charge on any atom is 0.134 e. The Bertz CT molecular complexity index is 472. The van der Waals surface area contributed by atoms with Crippen LogP contribution in [0.4, 0.5) is 0 Å². The molecule has 0 radical (unpaired) electrons. The summed E-state index contributed by atoms with van der Waals surface area (Å²) in [6, 6.07) is 5.61. The molecule has 90 valence electrons. The van der Waals surface area contributed by atoms with Gasteiger partial charge in [0.2, 0.25) is 0 Å². The molecule has 2 aromatic rings. The fourth-order valence-electron chi connectivity index (χ4n) is 1.47. The predicted octanol–water partition coefficient (Wildman–Crippen LogP) is 1.54. The van der Waals surface area contributed by atoms with Crippen molar-refractivity contribution >= 4 is 15.9 Å². The van der Waals surface area contributed by atoms with Gasteiger partial charge in [-0.3, -0.25) is 4.68 Å². The number of hydrogen-bond donors (Lipinski definition) is 2. The average molecular weight is 297 g/mol. The molecule has 0 saturated heterocycles. The van der Waals surface area contributed by atoms with Crippen molar-refractivity contribution in [3.8, 4) is 5.75 Å². The van der Waals surface area contributed by atoms with Crippen LogP contribution in [0.2, 0.25) is 0 Å². The Morgan fingerprint density at radius 2 is 2.29 bits per heavy atom. The van der Waals surface area contributed by atoms with E-state index in [2.05, 4.69) is 31.6 Å². The van der Waals surface area contributed by atoms with E-state index in [1.54, 1.807) is 10.9 Å². The van der Waals surface area contributed by atoms with E-state index in [0.717, 1.165) is 18.7 Å². The molecule has 5 nitrogen and oxygen atoms in total. The van der Waals surface area contributed by atoms with Crippen LogP contribution in [0.15, 0.2) is 35.1 Å². The number of para-hydroxylation sites is 1. The molecule has 2 N–H and O–H groups in total. The van der Waals surface area contributed by atoms with Crippen LogP contribution in [-0.2, 0) is 13.1 Å². The molecule has 6 heteroatoms. The third kappa shape index (κ3) is 3.28. The minimum atomic E-state index is 0.292. The summed E-state index contributed by atoms with van der Waals surface area (Å²) >= 11 is 3.29. The van der Waals surface area contributed by atoms with Crippen molar-refractivity contribution in [2.75, 3.05) is 6.54 Å². The van der Waals surface area contributed by atoms with E-state index in [-0.39, 0.29) is 0 Å². The zero-order valence-corrected chi connectivity index (χ0v) is 10.8. The van der Waals surface area contributed by atoms with Crippen molar-refractivity contribution in [2.24, 2.45) is 0 Å². The van der Waals surface area contributed by atoms with Gasteiger partial charge < -0.3 is 10.4 Å². The van der Waals surface area contributed by atoms with Gasteiger partial charge in [0.1, 0.15) is 5.75 Å². The van der Waals surface area contributed by atoms with Crippen molar-refractivity contribution in [3.63, 3.8) is 0 Å². The second-order valence-corrected chi connectivity index (χ2v) is 4.44. The van der Waals surface area contributed by atoms with Gasteiger partial charge >= 0.3 is 0 Å². The molecule has 0 saturated carbocycles. The van der Waals surface area contributed by atoms with Gasteiger partial charge in [0.25, 0.3) is 0 Å². The summed E-state index contributed by atoms with van der Waals surface area (Å²) in [5, 5.41) is 20.6. The number of halogens is 1. The maximum absolute atomic E-state index is 9.77. The van der Waals surface area contributed by atoms with Gasteiger partial charge in [-0.2, -0.15) is 0 Å². The Morgan fingerprint density at radius 1 is 1.41 bits per heavy atom. The number of rotatable bonds is 5. The minimum absolute atomic E-state index is 0.292. The van der Waals surface area contributed by atoms with E-state index >= 15 is 0 Å². The molecule has 0 amide bonds. The molecule has 0 aliphatic heterocycles. The highest BCUT2D eigenvalue weighted by molar-refractivity contribution is 9.10. The van der Waals surface area contributed by atoms with Crippen LogP contribution in [0, 0.1) is 0 Å². The number of phenolic OH excluding ortho intramolecular Hbond substituents is 1. The van der Waals surface area contributed by atoms with Gasteiger partial charge in [-0.1, -0.05) is 17.3 Å². The lowest BCUT2D eigenvalue weighted by atomic mass is 10.2. The van der Waals surface area contributed by atoms with E-state index in [9.17, 15) is 5.11 Å². The smallest absolute Gasteiger partial charge is 0.134 e. The van der Waals surface area contributed by atoms with Gasteiger partial charge in [-0.25, -0.2) is 0 Å². The Morgan fingerprint density at radius 3 is 3.06 bits per heavy atom. The summed E-state index contributed by atoms with van der Waals surface area (Å²) in [6.07, 6.45) is 3.47. The van der Waals surface area contributed by atoms with Gasteiger partial charge in [0.15, 0.2) is 0 Å². The lowest BCUT2D eigenvalue weighted by Gasteiger charge is -2.07. The molecule has 0 fully saturated rings. The first-order chi connectivity index (χ1) is 8.27. The Kier molecular flexibility index (Phi) is 4.11. The zero-order chi connectivity index (χ0) is 12.1. The second-order valence-electron chi connectivity index (χ2n) is 3.59. The number of nitrogens with zero attached hydrogens (tertiary/aromatic N) is 3. The molecular weight excluding hydrogens is 284 g/mol. The molecule has 0 aliphatic rings. The predicted molar refractivity (Wildman–Crippen MR) is 67.5 cm³/mol. The molecule has 1 aromatic carbocycles. The Hall–Kier alpha value is -1.40. The number of nitrogens with one attached hydrogen (secondary N) is 1. The minimum Gasteiger partial charge on any atom is -0.506 e. The van der Waals surface area contributed by atoms with Crippen molar-refractivity contribution in [2.45, 2.75) is 13.1 Å². The third-order valence-corrected chi connectivity index (χ3v) is 3.02. The molecular formula is C11H13BrN4O. The quantitative estimate of drug-likeness (QED) is 0.822. The Labute approximate surface area is 108 Å². The summed E-state index contributed by atoms with van der Waals surface area (Å²) < 4.78 is 2.47. The van der Waals surface area contributed by atoms with E-state index < -0.39 is 0 Å². The van der Waals surface area contributed by atoms with E-state index in [1.165, 1.54) is 0 Å². The highest BCUT2D eigenvalue weighted by Crippen LogP contribution is 2.26. The Balaban J connectivity index is 1.80. The van der Waals surface area contributed by atoms with Crippen molar-refractivity contribution in [1.29, 1.82) is 0 Å². The van der Waals surface area contributed by atoms with E-state index in [4.69, 9.17) is 0 Å². The molecule has 2 rings (SSSR count). The first-order valence-corrected chi connectivity index (χ1v) is 6.08. The van der Waals surface area contributed by atoms with Crippen LogP contribution < -0.4 is 5.32 Å². The SMILES string of the molecule is Oc1c(Br)cccc1CNCCn1ccnn1. The lowest BCUT2D eigenvalue weighted by Crippen LogP contribution is -2.19. The van der Waals surface area contributed by atoms with E-state index in [1.807, 2.05) is 24.4 Å². The van der Waals surface area contributed by atoms with Crippen LogP contribution in [0.5, 0.6) is 5.75 Å². The van der Waals surface area contributed by atoms with Gasteiger partial charge in [0, 0.05) is 24.8 Å². The van der Waals surface area contributed by atoms with Crippen LogP contribution >= 0.6 is 15.9 Å². The molecule has 0 atom stereocenters. The zero-order valence-electron chi connectivity index (χ0n) is 9.17. The fraction of sp³-hybridized carbons (Fsp3) is 0.273. The first-order valence-electron chi connectivity index (χ1n) is 5.28. The van der Waals surface area contributed by atoms with Gasteiger partial charge in [-0.15, -0.1) is 5.10 Å². The summed E-state index contributed by atoms with van der Waals surface area (Å²) in [5.74, 6) is 0.292. The average Bonchev–Trinajstić information content (AvgIpc) is 2.83. The highest BCUT2D eigenvalue weighted by atomic mass is 79.9. The van der Waals surface area contributed by atoms with Gasteiger partial charge in [0.05, 0.1) is 17.2 Å². The highest BCUT2D eigenvalue weighted by Gasteiger charge is 2.03. The lowest BCUT2D eigenvalue weighted by molar-refractivity contribution is 0.458. The van der Waals surface area contributed by atoms with Crippen LogP contribution in [0.1, 0.15) is 5.56 Å². The second kappa shape index (κ2) is 5.79. The van der Waals surface area contributed by atoms with Crippen molar-refractivity contribution < 1.29 is 5.11 Å². The standard InChI is InChI=1S/C11H13BrN4O/c12-10-3-1-2-9(11(10)17)8-13-4-6-16-7-5-14-15-16/h1-3,5,7,13,17H,4,6,8H2. The van der Waals surface area contributed by atoms with Crippen molar-refractivity contribution in [1.82, 2.24) is 20.3 Å². The van der Waals surface area contributed by atoms with E-state index in [0.29, 0.717) is 16.8 Å². The molecule has 1 heterocycles. The number of aromatic nitrogens is 3. The normalized spacial score (nSPS) is 10.6. The monoisotopic (exact) mass is 296 g/mol. The summed E-state index contributed by atoms with van der Waals surface area (Å²) in [6.45, 7) is 2.16. The molecule has 1 aromatic heterocycles. The fourth-order valence-corrected chi connectivity index (χ4v) is 1.88. The largest absolute Gasteiger partial charge is 0.506 e. The van der Waals surface area contributed by atoms with Crippen molar-refractivity contribution in [3.05, 3.63) is 40.6 Å². The summed E-state index contributed by atoms with van der Waals surface area (Å²) in [7, 11) is 0. The number of hydrogen-bond acceptors (Lipinski definition) is 4. The van der Waals surface area contributed by atoms with Gasteiger partial charge in [-0.05, 0) is 22.0 Å². The molecule has 0 spiro atoms. The number of phenols is 1. The maximum atomic E-state index is 9.77. The summed E-state index contributed by atoms with van der Waals surface area (Å²) in [4.78, 5) is 0. The number of benzene rings is 1. The van der Waals surface area contributed by atoms with Crippen LogP contribution in [0.25, 0.3) is 0 Å². The van der Waals surface area contributed by atoms with Crippen LogP contribution in [-0.4, -0.2) is 26.6 Å². The third-order valence-electron chi connectivity index (χ3n) is 2.38. The number of aromatic hydroxyl groups is 1. The first kappa shape index (κ1) is 12.1. The van der Waals surface area contributed by atoms with Crippen LogP contribution in [0.3, 0.4) is 0 Å².